The Labute approximate surface area is 287 Å². The fourth-order valence-corrected chi connectivity index (χ4v) is 7.33. The number of ether oxygens (including phenoxy) is 1. The zero-order valence-electron chi connectivity index (χ0n) is 28.1. The molecule has 3 aliphatic heterocycles. The van der Waals surface area contributed by atoms with E-state index in [2.05, 4.69) is 34.5 Å². The number of likely N-dealkylation sites (tertiary alicyclic amines) is 1. The van der Waals surface area contributed by atoms with Crippen molar-refractivity contribution in [2.24, 2.45) is 0 Å². The quantitative estimate of drug-likeness (QED) is 0.263. The van der Waals surface area contributed by atoms with Crippen molar-refractivity contribution < 1.29 is 34.4 Å². The van der Waals surface area contributed by atoms with Gasteiger partial charge in [-0.3, -0.25) is 19.3 Å². The van der Waals surface area contributed by atoms with Gasteiger partial charge < -0.3 is 35.2 Å². The Bertz CT molecular complexity index is 1390. The van der Waals surface area contributed by atoms with E-state index in [9.17, 15) is 29.7 Å². The molecule has 5 rings (SSSR count). The normalized spacial score (nSPS) is 24.9. The molecule has 3 aliphatic rings. The van der Waals surface area contributed by atoms with Crippen LogP contribution < -0.4 is 5.32 Å². The SMILES string of the molecule is CS[C@H]1O[C@@H](c2ccc(C)c(Cc3ccc(CCCC(=O)NCC(=O)N4CCN(CC(=O)N5CCCC5)CC4)cc3)c2)[C@H](O)[C@@H](O)[C@@H]1O. The second kappa shape index (κ2) is 17.1. The smallest absolute Gasteiger partial charge is 0.242 e. The van der Waals surface area contributed by atoms with E-state index in [1.165, 1.54) is 11.8 Å². The van der Waals surface area contributed by atoms with Gasteiger partial charge in [0.2, 0.25) is 17.7 Å². The summed E-state index contributed by atoms with van der Waals surface area (Å²) in [5.41, 5.74) is 4.56. The minimum Gasteiger partial charge on any atom is -0.387 e. The summed E-state index contributed by atoms with van der Waals surface area (Å²) >= 11 is 1.30. The Morgan fingerprint density at radius 1 is 0.854 bits per heavy atom. The van der Waals surface area contributed by atoms with Crippen molar-refractivity contribution in [3.8, 4) is 0 Å². The van der Waals surface area contributed by atoms with Gasteiger partial charge in [-0.25, -0.2) is 0 Å². The van der Waals surface area contributed by atoms with Gasteiger partial charge in [0.15, 0.2) is 0 Å². The molecule has 11 nitrogen and oxygen atoms in total. The molecule has 3 amide bonds. The fraction of sp³-hybridized carbons (Fsp3) is 0.583. The molecule has 3 fully saturated rings. The molecular formula is C36H50N4O7S. The van der Waals surface area contributed by atoms with Crippen LogP contribution in [0.3, 0.4) is 0 Å². The molecule has 3 heterocycles. The molecule has 2 aromatic carbocycles. The largest absolute Gasteiger partial charge is 0.387 e. The van der Waals surface area contributed by atoms with Gasteiger partial charge in [0.1, 0.15) is 29.9 Å². The van der Waals surface area contributed by atoms with Crippen LogP contribution in [-0.4, -0.2) is 130 Å². The van der Waals surface area contributed by atoms with E-state index in [-0.39, 0.29) is 24.3 Å². The highest BCUT2D eigenvalue weighted by Crippen LogP contribution is 2.36. The molecule has 0 aromatic heterocycles. The first-order valence-electron chi connectivity index (χ1n) is 17.1. The lowest BCUT2D eigenvalue weighted by molar-refractivity contribution is -0.200. The van der Waals surface area contributed by atoms with Crippen LogP contribution in [0.25, 0.3) is 0 Å². The van der Waals surface area contributed by atoms with E-state index in [0.717, 1.165) is 60.2 Å². The van der Waals surface area contributed by atoms with Gasteiger partial charge in [0, 0.05) is 45.7 Å². The van der Waals surface area contributed by atoms with E-state index in [1.54, 1.807) is 11.2 Å². The van der Waals surface area contributed by atoms with Gasteiger partial charge in [0.05, 0.1) is 13.1 Å². The lowest BCUT2D eigenvalue weighted by Gasteiger charge is -2.40. The Morgan fingerprint density at radius 3 is 2.21 bits per heavy atom. The Balaban J connectivity index is 1.01. The number of hydrogen-bond acceptors (Lipinski definition) is 9. The monoisotopic (exact) mass is 682 g/mol. The van der Waals surface area contributed by atoms with E-state index < -0.39 is 29.9 Å². The first kappa shape index (κ1) is 36.3. The third kappa shape index (κ3) is 9.36. The maximum absolute atomic E-state index is 12.7. The van der Waals surface area contributed by atoms with Crippen molar-refractivity contribution in [1.82, 2.24) is 20.0 Å². The summed E-state index contributed by atoms with van der Waals surface area (Å²) in [6.45, 7) is 6.61. The first-order valence-corrected chi connectivity index (χ1v) is 18.4. The zero-order valence-corrected chi connectivity index (χ0v) is 28.9. The second-order valence-electron chi connectivity index (χ2n) is 13.2. The molecule has 0 bridgehead atoms. The number of aryl methyl sites for hydroxylation is 2. The van der Waals surface area contributed by atoms with Crippen LogP contribution in [0.2, 0.25) is 0 Å². The molecule has 2 aromatic rings. The Hall–Kier alpha value is -3.00. The molecule has 262 valence electrons. The Morgan fingerprint density at radius 2 is 1.52 bits per heavy atom. The van der Waals surface area contributed by atoms with Crippen molar-refractivity contribution in [1.29, 1.82) is 0 Å². The molecule has 4 N–H and O–H groups in total. The molecule has 0 aliphatic carbocycles. The molecule has 0 spiro atoms. The average Bonchev–Trinajstić information content (AvgIpc) is 3.64. The number of thioether (sulfide) groups is 1. The van der Waals surface area contributed by atoms with Crippen molar-refractivity contribution in [2.75, 3.05) is 58.6 Å². The number of carbonyl (C=O) groups excluding carboxylic acids is 3. The van der Waals surface area contributed by atoms with Gasteiger partial charge in [-0.1, -0.05) is 42.5 Å². The molecule has 0 saturated carbocycles. The minimum atomic E-state index is -1.29. The van der Waals surface area contributed by atoms with Crippen molar-refractivity contribution in [3.05, 3.63) is 70.3 Å². The second-order valence-corrected chi connectivity index (χ2v) is 14.1. The van der Waals surface area contributed by atoms with E-state index in [0.29, 0.717) is 52.0 Å². The summed E-state index contributed by atoms with van der Waals surface area (Å²) in [5, 5.41) is 34.0. The predicted molar refractivity (Wildman–Crippen MR) is 184 cm³/mol. The lowest BCUT2D eigenvalue weighted by atomic mass is 9.91. The van der Waals surface area contributed by atoms with Crippen LogP contribution in [-0.2, 0) is 32.0 Å². The summed E-state index contributed by atoms with van der Waals surface area (Å²) in [4.78, 5) is 43.3. The number of nitrogens with zero attached hydrogens (tertiary/aromatic N) is 3. The first-order chi connectivity index (χ1) is 23.1. The van der Waals surface area contributed by atoms with E-state index >= 15 is 0 Å². The number of aliphatic hydroxyl groups excluding tert-OH is 3. The number of rotatable bonds is 12. The minimum absolute atomic E-state index is 0.00658. The fourth-order valence-electron chi connectivity index (χ4n) is 6.66. The van der Waals surface area contributed by atoms with E-state index in [1.807, 2.05) is 30.0 Å². The van der Waals surface area contributed by atoms with Crippen LogP contribution in [0, 0.1) is 6.92 Å². The van der Waals surface area contributed by atoms with Crippen LogP contribution >= 0.6 is 11.8 Å². The maximum atomic E-state index is 12.7. The third-order valence-corrected chi connectivity index (χ3v) is 10.6. The number of nitrogens with one attached hydrogen (secondary N) is 1. The molecule has 12 heteroatoms. The van der Waals surface area contributed by atoms with Crippen LogP contribution in [0.5, 0.6) is 0 Å². The molecule has 48 heavy (non-hydrogen) atoms. The van der Waals surface area contributed by atoms with Crippen LogP contribution in [0.1, 0.15) is 59.6 Å². The van der Waals surface area contributed by atoms with Gasteiger partial charge >= 0.3 is 0 Å². The molecular weight excluding hydrogens is 632 g/mol. The van der Waals surface area contributed by atoms with Crippen molar-refractivity contribution in [2.45, 2.75) is 75.3 Å². The number of benzene rings is 2. The molecule has 0 unspecified atom stereocenters. The number of hydrogen-bond donors (Lipinski definition) is 4. The number of aliphatic hydroxyl groups is 3. The number of piperazine rings is 1. The average molecular weight is 683 g/mol. The van der Waals surface area contributed by atoms with Gasteiger partial charge in [-0.05, 0) is 73.1 Å². The number of amides is 3. The predicted octanol–water partition coefficient (Wildman–Crippen LogP) is 1.63. The van der Waals surface area contributed by atoms with Crippen LogP contribution in [0.15, 0.2) is 42.5 Å². The summed E-state index contributed by atoms with van der Waals surface area (Å²) in [6.07, 6.45) is 1.98. The lowest BCUT2D eigenvalue weighted by Crippen LogP contribution is -2.53. The zero-order chi connectivity index (χ0) is 34.2. The van der Waals surface area contributed by atoms with Crippen molar-refractivity contribution in [3.63, 3.8) is 0 Å². The highest BCUT2D eigenvalue weighted by Gasteiger charge is 2.44. The van der Waals surface area contributed by atoms with Crippen molar-refractivity contribution >= 4 is 29.5 Å². The molecule has 0 radical (unpaired) electrons. The molecule has 5 atom stereocenters. The topological polar surface area (TPSA) is 143 Å². The highest BCUT2D eigenvalue weighted by molar-refractivity contribution is 7.99. The summed E-state index contributed by atoms with van der Waals surface area (Å²) in [6, 6.07) is 14.2. The summed E-state index contributed by atoms with van der Waals surface area (Å²) < 4.78 is 5.96. The Kier molecular flexibility index (Phi) is 12.9. The van der Waals surface area contributed by atoms with Gasteiger partial charge in [-0.2, -0.15) is 0 Å². The summed E-state index contributed by atoms with van der Waals surface area (Å²) in [5.74, 6) is -0.0499. The highest BCUT2D eigenvalue weighted by atomic mass is 32.2. The summed E-state index contributed by atoms with van der Waals surface area (Å²) in [7, 11) is 0. The number of carbonyl (C=O) groups is 3. The van der Waals surface area contributed by atoms with Gasteiger partial charge in [-0.15, -0.1) is 11.8 Å². The molecule has 3 saturated heterocycles. The van der Waals surface area contributed by atoms with Crippen LogP contribution in [0.4, 0.5) is 0 Å². The van der Waals surface area contributed by atoms with Gasteiger partial charge in [0.25, 0.3) is 0 Å². The third-order valence-electron chi connectivity index (χ3n) is 9.77. The van der Waals surface area contributed by atoms with E-state index in [4.69, 9.17) is 4.74 Å². The standard InChI is InChI=1S/C36H50N4O7S/c1-24-8-13-27(35-33(45)32(44)34(46)36(47-35)48-2)21-28(24)20-26-11-9-25(10-12-26)6-5-7-29(41)37-22-30(42)40-18-16-38(17-19-40)23-31(43)39-14-3-4-15-39/h8-13,21,32-36,44-46H,3-7,14-20,22-23H2,1-2H3,(H,37,41)/t32-,33-,34+,35+,36-/m1/s1. The maximum Gasteiger partial charge on any atom is 0.242 e.